The molecule has 1 fully saturated rings. The van der Waals surface area contributed by atoms with E-state index in [0.29, 0.717) is 38.5 Å². The Morgan fingerprint density at radius 1 is 1.10 bits per heavy atom. The summed E-state index contributed by atoms with van der Waals surface area (Å²) in [7, 11) is 0. The molecule has 0 aliphatic heterocycles. The van der Waals surface area contributed by atoms with Crippen molar-refractivity contribution in [3.05, 3.63) is 48.0 Å². The Bertz CT molecular complexity index is 657. The molecule has 5 nitrogen and oxygen atoms in total. The summed E-state index contributed by atoms with van der Waals surface area (Å²) in [6.45, 7) is 3.69. The molecular formula is C26H40O5. The second kappa shape index (κ2) is 13.7. The molecule has 0 heterocycles. The van der Waals surface area contributed by atoms with Crippen LogP contribution in [0.3, 0.4) is 0 Å². The van der Waals surface area contributed by atoms with Crippen LogP contribution in [0.1, 0.15) is 70.8 Å². The summed E-state index contributed by atoms with van der Waals surface area (Å²) in [5.74, 6) is -0.144. The molecule has 2 rings (SSSR count). The molecule has 0 saturated heterocycles. The van der Waals surface area contributed by atoms with Gasteiger partial charge in [-0.15, -0.1) is 0 Å². The second-order valence-corrected chi connectivity index (χ2v) is 9.09. The van der Waals surface area contributed by atoms with E-state index in [-0.39, 0.29) is 23.9 Å². The molecular weight excluding hydrogens is 392 g/mol. The van der Waals surface area contributed by atoms with E-state index in [4.69, 9.17) is 4.74 Å². The van der Waals surface area contributed by atoms with Crippen molar-refractivity contribution in [2.75, 3.05) is 0 Å². The van der Waals surface area contributed by atoms with Crippen LogP contribution in [0.15, 0.2) is 42.5 Å². The van der Waals surface area contributed by atoms with Gasteiger partial charge in [-0.25, -0.2) is 0 Å². The number of hydrogen-bond donors (Lipinski definition) is 3. The maximum Gasteiger partial charge on any atom is 0.306 e. The maximum absolute atomic E-state index is 11.5. The SMILES string of the molecule is CC(C)OC(=O)CCC/C=C\C[C@@H]1[C@@H](CC[C@H](O)CCc2ccccc2)[C@H](O)C[C@@H]1O. The minimum Gasteiger partial charge on any atom is -0.463 e. The van der Waals surface area contributed by atoms with Crippen LogP contribution in [0.5, 0.6) is 0 Å². The van der Waals surface area contributed by atoms with E-state index in [2.05, 4.69) is 18.2 Å². The van der Waals surface area contributed by atoms with Gasteiger partial charge < -0.3 is 20.1 Å². The Kier molecular flexibility index (Phi) is 11.3. The van der Waals surface area contributed by atoms with Crippen molar-refractivity contribution in [1.29, 1.82) is 0 Å². The van der Waals surface area contributed by atoms with Gasteiger partial charge in [-0.1, -0.05) is 42.5 Å². The zero-order chi connectivity index (χ0) is 22.6. The summed E-state index contributed by atoms with van der Waals surface area (Å²) in [5.41, 5.74) is 1.22. The molecule has 1 aromatic rings. The summed E-state index contributed by atoms with van der Waals surface area (Å²) >= 11 is 0. The van der Waals surface area contributed by atoms with Gasteiger partial charge in [0.1, 0.15) is 0 Å². The van der Waals surface area contributed by atoms with Crippen molar-refractivity contribution in [2.24, 2.45) is 11.8 Å². The monoisotopic (exact) mass is 432 g/mol. The summed E-state index contributed by atoms with van der Waals surface area (Å²) in [6, 6.07) is 10.1. The van der Waals surface area contributed by atoms with Crippen LogP contribution >= 0.6 is 0 Å². The lowest BCUT2D eigenvalue weighted by molar-refractivity contribution is -0.147. The first-order chi connectivity index (χ1) is 14.9. The second-order valence-electron chi connectivity index (χ2n) is 9.09. The van der Waals surface area contributed by atoms with Gasteiger partial charge in [0.25, 0.3) is 0 Å². The van der Waals surface area contributed by atoms with Crippen LogP contribution < -0.4 is 0 Å². The van der Waals surface area contributed by atoms with Gasteiger partial charge in [0.2, 0.25) is 0 Å². The molecule has 1 aliphatic carbocycles. The molecule has 1 aromatic carbocycles. The van der Waals surface area contributed by atoms with E-state index in [1.807, 2.05) is 38.1 Å². The van der Waals surface area contributed by atoms with Crippen molar-refractivity contribution in [3.8, 4) is 0 Å². The lowest BCUT2D eigenvalue weighted by atomic mass is 9.85. The number of unbranched alkanes of at least 4 members (excludes halogenated alkanes) is 1. The quantitative estimate of drug-likeness (QED) is 0.247. The Hall–Kier alpha value is -1.69. The molecule has 0 amide bonds. The van der Waals surface area contributed by atoms with E-state index in [1.165, 1.54) is 5.56 Å². The standard InChI is InChI=1S/C26H40O5/c1-19(2)31-26(30)13-9-4-3-8-12-22-23(25(29)18-24(22)28)17-16-21(27)15-14-20-10-6-5-7-11-20/h3,5-8,10-11,19,21-25,27-29H,4,9,12-18H2,1-2H3/b8-3-/t21-,22-,23-,24+,25-/m1/s1. The van der Waals surface area contributed by atoms with Crippen molar-refractivity contribution in [2.45, 2.75) is 96.1 Å². The Morgan fingerprint density at radius 3 is 2.52 bits per heavy atom. The minimum atomic E-state index is -0.513. The van der Waals surface area contributed by atoms with Crippen LogP contribution in [-0.2, 0) is 16.0 Å². The molecule has 1 saturated carbocycles. The van der Waals surface area contributed by atoms with Gasteiger partial charge in [0, 0.05) is 6.42 Å². The van der Waals surface area contributed by atoms with Gasteiger partial charge in [-0.3, -0.25) is 4.79 Å². The number of ether oxygens (including phenoxy) is 1. The fourth-order valence-corrected chi connectivity index (χ4v) is 4.47. The molecule has 5 atom stereocenters. The Morgan fingerprint density at radius 2 is 1.81 bits per heavy atom. The molecule has 174 valence electrons. The Balaban J connectivity index is 1.70. The third-order valence-corrected chi connectivity index (χ3v) is 6.16. The number of benzene rings is 1. The fourth-order valence-electron chi connectivity index (χ4n) is 4.47. The first-order valence-electron chi connectivity index (χ1n) is 11.8. The number of aryl methyl sites for hydroxylation is 1. The highest BCUT2D eigenvalue weighted by molar-refractivity contribution is 5.69. The van der Waals surface area contributed by atoms with Gasteiger partial charge in [0.05, 0.1) is 24.4 Å². The van der Waals surface area contributed by atoms with Gasteiger partial charge in [0.15, 0.2) is 0 Å². The number of esters is 1. The van der Waals surface area contributed by atoms with E-state index in [0.717, 1.165) is 19.3 Å². The van der Waals surface area contributed by atoms with E-state index >= 15 is 0 Å². The summed E-state index contributed by atoms with van der Waals surface area (Å²) in [5, 5.41) is 31.2. The molecule has 0 aromatic heterocycles. The molecule has 1 aliphatic rings. The van der Waals surface area contributed by atoms with Crippen molar-refractivity contribution in [3.63, 3.8) is 0 Å². The number of allylic oxidation sites excluding steroid dienone is 2. The molecule has 5 heteroatoms. The molecule has 0 spiro atoms. The molecule has 0 radical (unpaired) electrons. The van der Waals surface area contributed by atoms with Crippen LogP contribution in [0.25, 0.3) is 0 Å². The summed E-state index contributed by atoms with van der Waals surface area (Å²) in [4.78, 5) is 11.5. The average molecular weight is 433 g/mol. The van der Waals surface area contributed by atoms with Crippen LogP contribution in [0, 0.1) is 11.8 Å². The highest BCUT2D eigenvalue weighted by Gasteiger charge is 2.40. The lowest BCUT2D eigenvalue weighted by Crippen LogP contribution is -2.23. The number of hydrogen-bond acceptors (Lipinski definition) is 5. The van der Waals surface area contributed by atoms with Crippen molar-refractivity contribution < 1.29 is 24.9 Å². The van der Waals surface area contributed by atoms with Crippen molar-refractivity contribution >= 4 is 5.97 Å². The molecule has 3 N–H and O–H groups in total. The Labute approximate surface area is 187 Å². The van der Waals surface area contributed by atoms with Gasteiger partial charge in [-0.05, 0) is 82.6 Å². The van der Waals surface area contributed by atoms with Crippen LogP contribution in [0.2, 0.25) is 0 Å². The smallest absolute Gasteiger partial charge is 0.306 e. The maximum atomic E-state index is 11.5. The van der Waals surface area contributed by atoms with Crippen LogP contribution in [-0.4, -0.2) is 45.7 Å². The minimum absolute atomic E-state index is 0.00652. The number of aliphatic hydroxyl groups excluding tert-OH is 3. The topological polar surface area (TPSA) is 87.0 Å². The fraction of sp³-hybridized carbons (Fsp3) is 0.654. The number of aliphatic hydroxyl groups is 3. The normalized spacial score (nSPS) is 24.7. The first-order valence-corrected chi connectivity index (χ1v) is 11.8. The predicted molar refractivity (Wildman–Crippen MR) is 122 cm³/mol. The average Bonchev–Trinajstić information content (AvgIpc) is 3.00. The number of rotatable bonds is 13. The third-order valence-electron chi connectivity index (χ3n) is 6.16. The van der Waals surface area contributed by atoms with E-state index < -0.39 is 18.3 Å². The van der Waals surface area contributed by atoms with Gasteiger partial charge >= 0.3 is 5.97 Å². The predicted octanol–water partition coefficient (Wildman–Crippen LogP) is 4.19. The molecule has 0 bridgehead atoms. The summed E-state index contributed by atoms with van der Waals surface area (Å²) < 4.78 is 5.12. The highest BCUT2D eigenvalue weighted by Crippen LogP contribution is 2.38. The first kappa shape index (κ1) is 25.6. The van der Waals surface area contributed by atoms with Crippen LogP contribution in [0.4, 0.5) is 0 Å². The zero-order valence-electron chi connectivity index (χ0n) is 19.0. The number of carbonyl (C=O) groups is 1. The third kappa shape index (κ3) is 9.55. The number of carbonyl (C=O) groups excluding carboxylic acids is 1. The van der Waals surface area contributed by atoms with Gasteiger partial charge in [-0.2, -0.15) is 0 Å². The van der Waals surface area contributed by atoms with E-state index in [1.54, 1.807) is 0 Å². The van der Waals surface area contributed by atoms with Crippen molar-refractivity contribution in [1.82, 2.24) is 0 Å². The largest absolute Gasteiger partial charge is 0.463 e. The van der Waals surface area contributed by atoms with E-state index in [9.17, 15) is 20.1 Å². The molecule has 31 heavy (non-hydrogen) atoms. The lowest BCUT2D eigenvalue weighted by Gasteiger charge is -2.23. The highest BCUT2D eigenvalue weighted by atomic mass is 16.5. The zero-order valence-corrected chi connectivity index (χ0v) is 19.0. The molecule has 0 unspecified atom stereocenters. The summed E-state index contributed by atoms with van der Waals surface area (Å²) in [6.07, 6.45) is 8.58.